The molecule has 0 unspecified atom stereocenters. The second-order valence-electron chi connectivity index (χ2n) is 19.9. The van der Waals surface area contributed by atoms with Crippen LogP contribution in [-0.2, 0) is 0 Å². The van der Waals surface area contributed by atoms with Crippen LogP contribution < -0.4 is 0 Å². The summed E-state index contributed by atoms with van der Waals surface area (Å²) in [6.45, 7) is 16.5. The van der Waals surface area contributed by atoms with Crippen molar-refractivity contribution in [3.8, 4) is 0 Å². The molecule has 320 valence electrons. The highest BCUT2D eigenvalue weighted by Crippen LogP contribution is 2.18. The van der Waals surface area contributed by atoms with Crippen molar-refractivity contribution in [2.45, 2.75) is 245 Å². The zero-order chi connectivity index (χ0) is 39.2. The maximum absolute atomic E-state index is 2.63. The van der Waals surface area contributed by atoms with E-state index < -0.39 is 0 Å². The molecule has 0 atom stereocenters. The molecule has 53 heavy (non-hydrogen) atoms. The van der Waals surface area contributed by atoms with Gasteiger partial charge in [-0.05, 0) is 38.5 Å². The Morgan fingerprint density at radius 3 is 0.604 bits per heavy atom. The van der Waals surface area contributed by atoms with Crippen molar-refractivity contribution in [2.24, 2.45) is 0 Å². The molecule has 0 radical (unpaired) electrons. The standard InChI is InChI=1S/C50H108N3/c1-9-12-15-18-21-24-27-30-33-36-39-44-51(4,5)46-42-49-53(8,48-41-38-35-32-29-26-23-20-17-14-11-3)50-43-47-52(6,7)45-40-37-34-31-28-25-22-19-16-13-10-2/h9-50H2,1-8H3/q+3. The van der Waals surface area contributed by atoms with E-state index in [1.165, 1.54) is 284 Å². The number of hydrogen-bond donors (Lipinski definition) is 0. The molecular weight excluding hydrogens is 643 g/mol. The van der Waals surface area contributed by atoms with Crippen LogP contribution in [0.1, 0.15) is 245 Å². The molecule has 0 fully saturated rings. The highest BCUT2D eigenvalue weighted by Gasteiger charge is 2.25. The molecule has 3 nitrogen and oxygen atoms in total. The summed E-state index contributed by atoms with van der Waals surface area (Å²) >= 11 is 0. The molecule has 0 amide bonds. The molecule has 0 aromatic rings. The van der Waals surface area contributed by atoms with E-state index in [2.05, 4.69) is 56.0 Å². The maximum Gasteiger partial charge on any atom is 0.0839 e. The van der Waals surface area contributed by atoms with Gasteiger partial charge in [-0.15, -0.1) is 0 Å². The molecule has 3 heteroatoms. The van der Waals surface area contributed by atoms with Crippen LogP contribution >= 0.6 is 0 Å². The van der Waals surface area contributed by atoms with Gasteiger partial charge >= 0.3 is 0 Å². The average Bonchev–Trinajstić information content (AvgIpc) is 3.11. The molecular formula is C50H108N3+3. The minimum Gasteiger partial charge on any atom is -0.328 e. The smallest absolute Gasteiger partial charge is 0.0839 e. The SMILES string of the molecule is CCCCCCCCCCCCC[N+](C)(C)CCC[N+](C)(CCCCCCCCCCCCC)CCC[N+](C)(C)CCCCCCCCCCCCC. The normalized spacial score (nSPS) is 12.7. The number of unbranched alkanes of at least 4 members (excludes halogenated alkanes) is 30. The summed E-state index contributed by atoms with van der Waals surface area (Å²) in [7, 11) is 12.7. The molecule has 0 bridgehead atoms. The fourth-order valence-electron chi connectivity index (χ4n) is 8.89. The second-order valence-corrected chi connectivity index (χ2v) is 19.9. The van der Waals surface area contributed by atoms with Gasteiger partial charge in [0.05, 0.1) is 81.1 Å². The lowest BCUT2D eigenvalue weighted by Gasteiger charge is -2.38. The molecule has 0 aromatic heterocycles. The number of rotatable bonds is 44. The van der Waals surface area contributed by atoms with E-state index in [1.54, 1.807) is 0 Å². The van der Waals surface area contributed by atoms with E-state index in [1.807, 2.05) is 0 Å². The van der Waals surface area contributed by atoms with Crippen molar-refractivity contribution in [1.29, 1.82) is 0 Å². The van der Waals surface area contributed by atoms with Crippen LogP contribution in [0, 0.1) is 0 Å². The van der Waals surface area contributed by atoms with Crippen molar-refractivity contribution < 1.29 is 13.4 Å². The first-order valence-electron chi connectivity index (χ1n) is 25.1. The van der Waals surface area contributed by atoms with Gasteiger partial charge in [0.1, 0.15) is 0 Å². The minimum atomic E-state index is 1.22. The number of nitrogens with zero attached hydrogens (tertiary/aromatic N) is 3. The molecule has 0 saturated carbocycles. The summed E-state index contributed by atoms with van der Waals surface area (Å²) in [5, 5.41) is 0. The van der Waals surface area contributed by atoms with Gasteiger partial charge in [0, 0.05) is 12.8 Å². The number of quaternary nitrogens is 3. The Labute approximate surface area is 339 Å². The lowest BCUT2D eigenvalue weighted by molar-refractivity contribution is -0.928. The zero-order valence-electron chi connectivity index (χ0n) is 39.0. The predicted molar refractivity (Wildman–Crippen MR) is 243 cm³/mol. The minimum absolute atomic E-state index is 1.22. The first kappa shape index (κ1) is 52.9. The van der Waals surface area contributed by atoms with Gasteiger partial charge in [0.25, 0.3) is 0 Å². The van der Waals surface area contributed by atoms with Crippen LogP contribution in [0.25, 0.3) is 0 Å². The second kappa shape index (κ2) is 37.5. The lowest BCUT2D eigenvalue weighted by atomic mass is 10.1. The molecule has 0 saturated heterocycles. The fourth-order valence-corrected chi connectivity index (χ4v) is 8.89. The highest BCUT2D eigenvalue weighted by molar-refractivity contribution is 4.53. The summed E-state index contributed by atoms with van der Waals surface area (Å²) in [4.78, 5) is 0. The molecule has 0 N–H and O–H groups in total. The van der Waals surface area contributed by atoms with Gasteiger partial charge in [-0.3, -0.25) is 0 Å². The first-order valence-corrected chi connectivity index (χ1v) is 25.1. The Bertz CT molecular complexity index is 671. The average molecular weight is 751 g/mol. The predicted octanol–water partition coefficient (Wildman–Crippen LogP) is 15.3. The third-order valence-corrected chi connectivity index (χ3v) is 13.0. The maximum atomic E-state index is 2.63. The molecule has 0 aromatic carbocycles. The highest BCUT2D eigenvalue weighted by atomic mass is 15.4. The quantitative estimate of drug-likeness (QED) is 0.0430. The van der Waals surface area contributed by atoms with Crippen LogP contribution in [-0.4, -0.2) is 94.5 Å². The Balaban J connectivity index is 4.52. The lowest BCUT2D eigenvalue weighted by Crippen LogP contribution is -2.50. The summed E-state index contributed by atoms with van der Waals surface area (Å²) in [5.41, 5.74) is 0. The summed E-state index contributed by atoms with van der Waals surface area (Å²) in [6, 6.07) is 0. The van der Waals surface area contributed by atoms with E-state index in [-0.39, 0.29) is 0 Å². The summed E-state index contributed by atoms with van der Waals surface area (Å²) in [6.07, 6.45) is 50.5. The van der Waals surface area contributed by atoms with Gasteiger partial charge in [-0.2, -0.15) is 0 Å². The molecule has 0 rings (SSSR count). The fraction of sp³-hybridized carbons (Fsp3) is 1.00. The van der Waals surface area contributed by atoms with Crippen molar-refractivity contribution in [3.63, 3.8) is 0 Å². The van der Waals surface area contributed by atoms with Crippen molar-refractivity contribution in [3.05, 3.63) is 0 Å². The first-order chi connectivity index (χ1) is 25.6. The van der Waals surface area contributed by atoms with Crippen LogP contribution in [0.4, 0.5) is 0 Å². The van der Waals surface area contributed by atoms with Crippen molar-refractivity contribution in [1.82, 2.24) is 0 Å². The van der Waals surface area contributed by atoms with Gasteiger partial charge in [-0.1, -0.05) is 194 Å². The Kier molecular flexibility index (Phi) is 37.4. The number of hydrogen-bond acceptors (Lipinski definition) is 0. The summed E-state index contributed by atoms with van der Waals surface area (Å²) in [5.74, 6) is 0. The molecule has 0 heterocycles. The van der Waals surface area contributed by atoms with Crippen molar-refractivity contribution in [2.75, 3.05) is 81.1 Å². The molecule has 0 aliphatic rings. The Morgan fingerprint density at radius 2 is 0.358 bits per heavy atom. The van der Waals surface area contributed by atoms with Crippen LogP contribution in [0.15, 0.2) is 0 Å². The van der Waals surface area contributed by atoms with Crippen molar-refractivity contribution >= 4 is 0 Å². The molecule has 0 aliphatic carbocycles. The van der Waals surface area contributed by atoms with Gasteiger partial charge in [0.15, 0.2) is 0 Å². The van der Waals surface area contributed by atoms with E-state index in [0.717, 1.165) is 0 Å². The monoisotopic (exact) mass is 751 g/mol. The Morgan fingerprint density at radius 1 is 0.189 bits per heavy atom. The van der Waals surface area contributed by atoms with Gasteiger partial charge in [-0.25, -0.2) is 0 Å². The van der Waals surface area contributed by atoms with Gasteiger partial charge < -0.3 is 13.4 Å². The van der Waals surface area contributed by atoms with E-state index in [0.29, 0.717) is 0 Å². The summed E-state index contributed by atoms with van der Waals surface area (Å²) < 4.78 is 3.76. The Hall–Kier alpha value is -0.120. The van der Waals surface area contributed by atoms with Gasteiger partial charge in [0.2, 0.25) is 0 Å². The van der Waals surface area contributed by atoms with Crippen LogP contribution in [0.2, 0.25) is 0 Å². The zero-order valence-corrected chi connectivity index (χ0v) is 39.0. The largest absolute Gasteiger partial charge is 0.328 e. The van der Waals surface area contributed by atoms with E-state index >= 15 is 0 Å². The third kappa shape index (κ3) is 38.5. The third-order valence-electron chi connectivity index (χ3n) is 13.0. The van der Waals surface area contributed by atoms with Crippen LogP contribution in [0.3, 0.4) is 0 Å². The molecule has 0 aliphatic heterocycles. The topological polar surface area (TPSA) is 0 Å². The van der Waals surface area contributed by atoms with E-state index in [4.69, 9.17) is 0 Å². The van der Waals surface area contributed by atoms with E-state index in [9.17, 15) is 0 Å². The van der Waals surface area contributed by atoms with Crippen LogP contribution in [0.5, 0.6) is 0 Å². The molecule has 0 spiro atoms.